The number of carboxylic acid groups (broad SMARTS) is 1. The van der Waals surface area contributed by atoms with Crippen molar-refractivity contribution in [3.63, 3.8) is 0 Å². The minimum absolute atomic E-state index is 0.655. The van der Waals surface area contributed by atoms with E-state index in [9.17, 15) is 9.59 Å². The standard InChI is InChI=1S/C9H17NO5/c1-5(6(11)7(12)13)10-8(14)15-9(2,3)4/h5-6,11H,1-4H3,(H,10,14)(H,12,13)/t5-,6+/m1/s1. The molecule has 0 aromatic heterocycles. The Morgan fingerprint density at radius 3 is 2.13 bits per heavy atom. The molecular weight excluding hydrogens is 202 g/mol. The maximum absolute atomic E-state index is 11.2. The van der Waals surface area contributed by atoms with Gasteiger partial charge in [-0.3, -0.25) is 0 Å². The zero-order chi connectivity index (χ0) is 12.2. The predicted molar refractivity (Wildman–Crippen MR) is 52.5 cm³/mol. The Labute approximate surface area is 88.2 Å². The number of amides is 1. The highest BCUT2D eigenvalue weighted by Crippen LogP contribution is 2.07. The van der Waals surface area contributed by atoms with Crippen LogP contribution in [0.2, 0.25) is 0 Å². The van der Waals surface area contributed by atoms with Crippen LogP contribution in [-0.4, -0.2) is 40.0 Å². The van der Waals surface area contributed by atoms with E-state index in [2.05, 4.69) is 5.32 Å². The van der Waals surface area contributed by atoms with Crippen molar-refractivity contribution < 1.29 is 24.5 Å². The third-order valence-electron chi connectivity index (χ3n) is 1.47. The first-order valence-corrected chi connectivity index (χ1v) is 4.54. The Morgan fingerprint density at radius 2 is 1.80 bits per heavy atom. The van der Waals surface area contributed by atoms with E-state index in [0.717, 1.165) is 0 Å². The minimum atomic E-state index is -1.64. The highest BCUT2D eigenvalue weighted by Gasteiger charge is 2.25. The molecule has 15 heavy (non-hydrogen) atoms. The molecular formula is C9H17NO5. The summed E-state index contributed by atoms with van der Waals surface area (Å²) < 4.78 is 4.88. The first-order valence-electron chi connectivity index (χ1n) is 4.54. The van der Waals surface area contributed by atoms with Crippen molar-refractivity contribution in [3.05, 3.63) is 0 Å². The predicted octanol–water partition coefficient (Wildman–Crippen LogP) is 0.345. The Kier molecular flexibility index (Phi) is 4.54. The molecule has 0 aromatic carbocycles. The second-order valence-electron chi connectivity index (χ2n) is 4.22. The van der Waals surface area contributed by atoms with Crippen LogP contribution in [0, 0.1) is 0 Å². The highest BCUT2D eigenvalue weighted by molar-refractivity contribution is 5.75. The van der Waals surface area contributed by atoms with E-state index >= 15 is 0 Å². The lowest BCUT2D eigenvalue weighted by atomic mass is 10.2. The second-order valence-corrected chi connectivity index (χ2v) is 4.22. The van der Waals surface area contributed by atoms with Gasteiger partial charge in [0.25, 0.3) is 0 Å². The molecule has 2 atom stereocenters. The number of carbonyl (C=O) groups is 2. The van der Waals surface area contributed by atoms with E-state index in [-0.39, 0.29) is 0 Å². The molecule has 0 heterocycles. The molecule has 88 valence electrons. The lowest BCUT2D eigenvalue weighted by Crippen LogP contribution is -2.46. The molecule has 6 nitrogen and oxygen atoms in total. The van der Waals surface area contributed by atoms with Gasteiger partial charge in [0.05, 0.1) is 6.04 Å². The fourth-order valence-corrected chi connectivity index (χ4v) is 0.786. The third-order valence-corrected chi connectivity index (χ3v) is 1.47. The SMILES string of the molecule is C[C@@H](NC(=O)OC(C)(C)C)[C@H](O)C(=O)O. The summed E-state index contributed by atoms with van der Waals surface area (Å²) in [5.74, 6) is -1.39. The summed E-state index contributed by atoms with van der Waals surface area (Å²) in [7, 11) is 0. The minimum Gasteiger partial charge on any atom is -0.479 e. The first kappa shape index (κ1) is 13.7. The Hall–Kier alpha value is -1.30. The molecule has 0 saturated carbocycles. The summed E-state index contributed by atoms with van der Waals surface area (Å²) in [6.45, 7) is 6.43. The second kappa shape index (κ2) is 4.97. The van der Waals surface area contributed by atoms with E-state index in [4.69, 9.17) is 14.9 Å². The van der Waals surface area contributed by atoms with Crippen LogP contribution in [0.25, 0.3) is 0 Å². The lowest BCUT2D eigenvalue weighted by molar-refractivity contribution is -0.147. The molecule has 1 amide bonds. The van der Waals surface area contributed by atoms with Gasteiger partial charge in [-0.25, -0.2) is 9.59 Å². The van der Waals surface area contributed by atoms with Crippen molar-refractivity contribution in [2.24, 2.45) is 0 Å². The van der Waals surface area contributed by atoms with Crippen molar-refractivity contribution in [3.8, 4) is 0 Å². The van der Waals surface area contributed by atoms with Crippen LogP contribution >= 0.6 is 0 Å². The van der Waals surface area contributed by atoms with E-state index in [1.165, 1.54) is 6.92 Å². The van der Waals surface area contributed by atoms with E-state index in [1.807, 2.05) is 0 Å². The molecule has 0 aliphatic rings. The molecule has 0 fully saturated rings. The summed E-state index contributed by atoms with van der Waals surface area (Å²) in [6.07, 6.45) is -2.40. The number of aliphatic hydroxyl groups excluding tert-OH is 1. The maximum atomic E-state index is 11.2. The van der Waals surface area contributed by atoms with Gasteiger partial charge in [0.1, 0.15) is 5.60 Å². The van der Waals surface area contributed by atoms with Crippen LogP contribution in [0.1, 0.15) is 27.7 Å². The molecule has 0 bridgehead atoms. The van der Waals surface area contributed by atoms with Crippen molar-refractivity contribution >= 4 is 12.1 Å². The van der Waals surface area contributed by atoms with Crippen LogP contribution < -0.4 is 5.32 Å². The first-order chi connectivity index (χ1) is 6.63. The molecule has 0 aliphatic heterocycles. The third kappa shape index (κ3) is 5.90. The zero-order valence-electron chi connectivity index (χ0n) is 9.27. The molecule has 0 saturated heterocycles. The van der Waals surface area contributed by atoms with Crippen molar-refractivity contribution in [2.75, 3.05) is 0 Å². The van der Waals surface area contributed by atoms with Gasteiger partial charge in [-0.05, 0) is 27.7 Å². The number of nitrogens with one attached hydrogen (secondary N) is 1. The van der Waals surface area contributed by atoms with Crippen LogP contribution in [0.5, 0.6) is 0 Å². The number of aliphatic hydroxyl groups is 1. The van der Waals surface area contributed by atoms with Gasteiger partial charge in [-0.1, -0.05) is 0 Å². The highest BCUT2D eigenvalue weighted by atomic mass is 16.6. The van der Waals surface area contributed by atoms with Gasteiger partial charge >= 0.3 is 12.1 Å². The number of carbonyl (C=O) groups excluding carboxylic acids is 1. The fraction of sp³-hybridized carbons (Fsp3) is 0.778. The summed E-state index contributed by atoms with van der Waals surface area (Å²) in [6, 6.07) is -0.905. The van der Waals surface area contributed by atoms with Crippen LogP contribution in [0.15, 0.2) is 0 Å². The Balaban J connectivity index is 4.13. The summed E-state index contributed by atoms with van der Waals surface area (Å²) >= 11 is 0. The van der Waals surface area contributed by atoms with Crippen LogP contribution in [0.3, 0.4) is 0 Å². The van der Waals surface area contributed by atoms with Crippen molar-refractivity contribution in [1.82, 2.24) is 5.32 Å². The summed E-state index contributed by atoms with van der Waals surface area (Å²) in [5.41, 5.74) is -0.655. The maximum Gasteiger partial charge on any atom is 0.407 e. The summed E-state index contributed by atoms with van der Waals surface area (Å²) in [5, 5.41) is 19.8. The average molecular weight is 219 g/mol. The monoisotopic (exact) mass is 219 g/mol. The van der Waals surface area contributed by atoms with Gasteiger partial charge in [-0.15, -0.1) is 0 Å². The van der Waals surface area contributed by atoms with Crippen LogP contribution in [-0.2, 0) is 9.53 Å². The van der Waals surface area contributed by atoms with E-state index in [0.29, 0.717) is 0 Å². The Bertz CT molecular complexity index is 245. The largest absolute Gasteiger partial charge is 0.479 e. The molecule has 0 spiro atoms. The number of ether oxygens (including phenoxy) is 1. The van der Waals surface area contributed by atoms with Gasteiger partial charge < -0.3 is 20.3 Å². The number of carboxylic acids is 1. The van der Waals surface area contributed by atoms with Gasteiger partial charge in [0.15, 0.2) is 6.10 Å². The van der Waals surface area contributed by atoms with Crippen molar-refractivity contribution in [1.29, 1.82) is 0 Å². The smallest absolute Gasteiger partial charge is 0.407 e. The van der Waals surface area contributed by atoms with Gasteiger partial charge in [-0.2, -0.15) is 0 Å². The Morgan fingerprint density at radius 1 is 1.33 bits per heavy atom. The van der Waals surface area contributed by atoms with E-state index in [1.54, 1.807) is 20.8 Å². The van der Waals surface area contributed by atoms with Gasteiger partial charge in [0, 0.05) is 0 Å². The fourth-order valence-electron chi connectivity index (χ4n) is 0.786. The number of aliphatic carboxylic acids is 1. The topological polar surface area (TPSA) is 95.9 Å². The zero-order valence-corrected chi connectivity index (χ0v) is 9.27. The van der Waals surface area contributed by atoms with Crippen molar-refractivity contribution in [2.45, 2.75) is 45.4 Å². The average Bonchev–Trinajstić information content (AvgIpc) is 1.98. The molecule has 3 N–H and O–H groups in total. The number of hydrogen-bond donors (Lipinski definition) is 3. The molecule has 0 unspecified atom stereocenters. The summed E-state index contributed by atoms with van der Waals surface area (Å²) in [4.78, 5) is 21.5. The lowest BCUT2D eigenvalue weighted by Gasteiger charge is -2.22. The molecule has 0 aromatic rings. The number of alkyl carbamates (subject to hydrolysis) is 1. The van der Waals surface area contributed by atoms with E-state index < -0.39 is 29.8 Å². The number of hydrogen-bond acceptors (Lipinski definition) is 4. The van der Waals surface area contributed by atoms with Crippen LogP contribution in [0.4, 0.5) is 4.79 Å². The molecule has 0 radical (unpaired) electrons. The molecule has 6 heteroatoms. The normalized spacial score (nSPS) is 15.3. The molecule has 0 aliphatic carbocycles. The molecule has 0 rings (SSSR count). The number of rotatable bonds is 3. The van der Waals surface area contributed by atoms with Gasteiger partial charge in [0.2, 0.25) is 0 Å². The quantitative estimate of drug-likeness (QED) is 0.636.